The molecule has 1 aromatic carbocycles. The van der Waals surface area contributed by atoms with Crippen molar-refractivity contribution in [3.8, 4) is 0 Å². The van der Waals surface area contributed by atoms with Crippen LogP contribution in [0.5, 0.6) is 0 Å². The Kier molecular flexibility index (Phi) is 6.22. The molecule has 0 bridgehead atoms. The van der Waals surface area contributed by atoms with Crippen molar-refractivity contribution < 1.29 is 9.59 Å². The van der Waals surface area contributed by atoms with Crippen LogP contribution >= 0.6 is 0 Å². The van der Waals surface area contributed by atoms with Crippen LogP contribution in [-0.2, 0) is 9.59 Å². The predicted octanol–water partition coefficient (Wildman–Crippen LogP) is 2.51. The van der Waals surface area contributed by atoms with E-state index in [1.165, 1.54) is 6.92 Å². The maximum absolute atomic E-state index is 11.7. The first-order chi connectivity index (χ1) is 9.40. The van der Waals surface area contributed by atoms with Crippen molar-refractivity contribution in [1.29, 1.82) is 0 Å². The number of anilines is 1. The van der Waals surface area contributed by atoms with Gasteiger partial charge in [-0.2, -0.15) is 0 Å². The second kappa shape index (κ2) is 7.68. The van der Waals surface area contributed by atoms with E-state index in [0.29, 0.717) is 25.4 Å². The lowest BCUT2D eigenvalue weighted by Crippen LogP contribution is -2.37. The van der Waals surface area contributed by atoms with Gasteiger partial charge >= 0.3 is 0 Å². The minimum absolute atomic E-state index is 0.0213. The molecule has 2 amide bonds. The van der Waals surface area contributed by atoms with Gasteiger partial charge < -0.3 is 10.2 Å². The van der Waals surface area contributed by atoms with Crippen LogP contribution in [0.25, 0.3) is 0 Å². The molecule has 0 unspecified atom stereocenters. The van der Waals surface area contributed by atoms with E-state index in [-0.39, 0.29) is 11.8 Å². The van der Waals surface area contributed by atoms with E-state index in [4.69, 9.17) is 0 Å². The van der Waals surface area contributed by atoms with Crippen molar-refractivity contribution in [3.05, 3.63) is 29.8 Å². The Morgan fingerprint density at radius 2 is 1.80 bits per heavy atom. The van der Waals surface area contributed by atoms with E-state index in [0.717, 1.165) is 11.3 Å². The van der Waals surface area contributed by atoms with Crippen LogP contribution in [0.3, 0.4) is 0 Å². The summed E-state index contributed by atoms with van der Waals surface area (Å²) in [6, 6.07) is 7.80. The second-order valence-corrected chi connectivity index (χ2v) is 5.45. The molecule has 110 valence electrons. The van der Waals surface area contributed by atoms with Crippen molar-refractivity contribution in [1.82, 2.24) is 5.32 Å². The molecule has 1 rings (SSSR count). The highest BCUT2D eigenvalue weighted by atomic mass is 16.2. The van der Waals surface area contributed by atoms with Gasteiger partial charge in [0, 0.05) is 32.1 Å². The summed E-state index contributed by atoms with van der Waals surface area (Å²) in [7, 11) is 0. The highest BCUT2D eigenvalue weighted by Gasteiger charge is 2.11. The third-order valence-electron chi connectivity index (χ3n) is 2.98. The van der Waals surface area contributed by atoms with Crippen molar-refractivity contribution in [2.24, 2.45) is 5.92 Å². The molecular formula is C16H24N2O2. The third-order valence-corrected chi connectivity index (χ3v) is 2.98. The Bertz CT molecular complexity index is 452. The van der Waals surface area contributed by atoms with Gasteiger partial charge in [0.2, 0.25) is 11.8 Å². The maximum atomic E-state index is 11.7. The number of nitrogens with zero attached hydrogens (tertiary/aromatic N) is 1. The average molecular weight is 276 g/mol. The molecule has 0 aliphatic rings. The van der Waals surface area contributed by atoms with Gasteiger partial charge in [-0.15, -0.1) is 0 Å². The van der Waals surface area contributed by atoms with Gasteiger partial charge in [0.1, 0.15) is 0 Å². The zero-order valence-corrected chi connectivity index (χ0v) is 12.8. The highest BCUT2D eigenvalue weighted by molar-refractivity contribution is 5.91. The quantitative estimate of drug-likeness (QED) is 0.868. The molecule has 0 radical (unpaired) electrons. The molecule has 1 N–H and O–H groups in total. The summed E-state index contributed by atoms with van der Waals surface area (Å²) in [5.41, 5.74) is 2.02. The van der Waals surface area contributed by atoms with Crippen molar-refractivity contribution >= 4 is 17.5 Å². The molecule has 0 spiro atoms. The minimum Gasteiger partial charge on any atom is -0.354 e. The van der Waals surface area contributed by atoms with E-state index in [1.54, 1.807) is 4.90 Å². The first-order valence-electron chi connectivity index (χ1n) is 7.01. The van der Waals surface area contributed by atoms with Crippen molar-refractivity contribution in [3.63, 3.8) is 0 Å². The molecule has 0 saturated carbocycles. The third kappa shape index (κ3) is 5.43. The number of amides is 2. The summed E-state index contributed by atoms with van der Waals surface area (Å²) in [6.07, 6.45) is 0.518. The number of carbonyl (C=O) groups is 2. The molecule has 0 aromatic heterocycles. The number of carbonyl (C=O) groups excluding carboxylic acids is 2. The fourth-order valence-corrected chi connectivity index (χ4v) is 1.94. The lowest BCUT2D eigenvalue weighted by molar-refractivity contribution is -0.122. The fourth-order valence-electron chi connectivity index (χ4n) is 1.94. The van der Waals surface area contributed by atoms with Crippen molar-refractivity contribution in [2.45, 2.75) is 34.1 Å². The second-order valence-electron chi connectivity index (χ2n) is 5.45. The summed E-state index contributed by atoms with van der Waals surface area (Å²) in [4.78, 5) is 24.9. The lowest BCUT2D eigenvalue weighted by Gasteiger charge is -2.21. The van der Waals surface area contributed by atoms with Gasteiger partial charge in [-0.25, -0.2) is 0 Å². The summed E-state index contributed by atoms with van der Waals surface area (Å²) in [5.74, 6) is 0.357. The SMILES string of the molecule is CC(=O)N(CCNC(=O)CC(C)C)c1ccc(C)cc1. The number of hydrogen-bond donors (Lipinski definition) is 1. The van der Waals surface area contributed by atoms with Crippen LogP contribution < -0.4 is 10.2 Å². The molecule has 20 heavy (non-hydrogen) atoms. The minimum atomic E-state index is -0.0213. The Labute approximate surface area is 121 Å². The van der Waals surface area contributed by atoms with Gasteiger partial charge in [-0.1, -0.05) is 31.5 Å². The van der Waals surface area contributed by atoms with Crippen LogP contribution in [0.2, 0.25) is 0 Å². The average Bonchev–Trinajstić information content (AvgIpc) is 2.35. The highest BCUT2D eigenvalue weighted by Crippen LogP contribution is 2.14. The van der Waals surface area contributed by atoms with Gasteiger partial charge in [-0.05, 0) is 25.0 Å². The Balaban J connectivity index is 2.54. The summed E-state index contributed by atoms with van der Waals surface area (Å²) in [5, 5.41) is 2.85. The van der Waals surface area contributed by atoms with E-state index in [2.05, 4.69) is 5.32 Å². The smallest absolute Gasteiger partial charge is 0.223 e. The molecule has 0 saturated heterocycles. The molecule has 1 aromatic rings. The summed E-state index contributed by atoms with van der Waals surface area (Å²) < 4.78 is 0. The molecule has 0 atom stereocenters. The van der Waals surface area contributed by atoms with E-state index < -0.39 is 0 Å². The molecule has 0 aliphatic heterocycles. The molecule has 0 fully saturated rings. The normalized spacial score (nSPS) is 10.4. The lowest BCUT2D eigenvalue weighted by atomic mass is 10.1. The fraction of sp³-hybridized carbons (Fsp3) is 0.500. The Hall–Kier alpha value is -1.84. The van der Waals surface area contributed by atoms with Gasteiger partial charge in [0.05, 0.1) is 0 Å². The molecule has 4 heteroatoms. The van der Waals surface area contributed by atoms with E-state index in [9.17, 15) is 9.59 Å². The largest absolute Gasteiger partial charge is 0.354 e. The number of hydrogen-bond acceptors (Lipinski definition) is 2. The van der Waals surface area contributed by atoms with Crippen LogP contribution in [0.4, 0.5) is 5.69 Å². The van der Waals surface area contributed by atoms with Gasteiger partial charge in [-0.3, -0.25) is 9.59 Å². The maximum Gasteiger partial charge on any atom is 0.223 e. The molecule has 0 aliphatic carbocycles. The summed E-state index contributed by atoms with van der Waals surface area (Å²) >= 11 is 0. The first kappa shape index (κ1) is 16.2. The topological polar surface area (TPSA) is 49.4 Å². The number of aryl methyl sites for hydroxylation is 1. The van der Waals surface area contributed by atoms with Crippen LogP contribution in [0, 0.1) is 12.8 Å². The first-order valence-corrected chi connectivity index (χ1v) is 7.01. The van der Waals surface area contributed by atoms with Crippen LogP contribution in [-0.4, -0.2) is 24.9 Å². The van der Waals surface area contributed by atoms with Gasteiger partial charge in [0.25, 0.3) is 0 Å². The van der Waals surface area contributed by atoms with E-state index >= 15 is 0 Å². The zero-order chi connectivity index (χ0) is 15.1. The number of benzene rings is 1. The zero-order valence-electron chi connectivity index (χ0n) is 12.8. The van der Waals surface area contributed by atoms with Crippen LogP contribution in [0.1, 0.15) is 32.8 Å². The Morgan fingerprint density at radius 1 is 1.20 bits per heavy atom. The predicted molar refractivity (Wildman–Crippen MR) is 81.7 cm³/mol. The van der Waals surface area contributed by atoms with Crippen LogP contribution in [0.15, 0.2) is 24.3 Å². The summed E-state index contributed by atoms with van der Waals surface area (Å²) in [6.45, 7) is 8.52. The number of nitrogens with one attached hydrogen (secondary N) is 1. The van der Waals surface area contributed by atoms with E-state index in [1.807, 2.05) is 45.0 Å². The monoisotopic (exact) mass is 276 g/mol. The van der Waals surface area contributed by atoms with Crippen molar-refractivity contribution in [2.75, 3.05) is 18.0 Å². The Morgan fingerprint density at radius 3 is 2.30 bits per heavy atom. The molecule has 0 heterocycles. The standard InChI is InChI=1S/C16H24N2O2/c1-12(2)11-16(20)17-9-10-18(14(4)19)15-7-5-13(3)6-8-15/h5-8,12H,9-11H2,1-4H3,(H,17,20). The molecular weight excluding hydrogens is 252 g/mol. The molecule has 4 nitrogen and oxygen atoms in total. The number of rotatable bonds is 6. The van der Waals surface area contributed by atoms with Gasteiger partial charge in [0.15, 0.2) is 0 Å².